The van der Waals surface area contributed by atoms with Crippen LogP contribution >= 0.6 is 11.6 Å². The molecule has 5 rings (SSSR count). The molecular formula is C33H41ClN2O5S. The van der Waals surface area contributed by atoms with E-state index in [0.717, 1.165) is 55.9 Å². The molecule has 1 fully saturated rings. The maximum absolute atomic E-state index is 13.2. The van der Waals surface area contributed by atoms with Crippen molar-refractivity contribution in [3.63, 3.8) is 0 Å². The minimum Gasteiger partial charge on any atom is -0.490 e. The van der Waals surface area contributed by atoms with Gasteiger partial charge in [0, 0.05) is 29.1 Å². The highest BCUT2D eigenvalue weighted by molar-refractivity contribution is 7.90. The second-order valence-corrected chi connectivity index (χ2v) is 14.2. The van der Waals surface area contributed by atoms with Gasteiger partial charge in [-0.1, -0.05) is 36.7 Å². The van der Waals surface area contributed by atoms with E-state index in [-0.39, 0.29) is 11.0 Å². The number of aryl methyl sites for hydroxylation is 1. The Hall–Kier alpha value is -2.81. The Morgan fingerprint density at radius 3 is 2.76 bits per heavy atom. The molecule has 2 aromatic carbocycles. The highest BCUT2D eigenvalue weighted by atomic mass is 35.5. The van der Waals surface area contributed by atoms with Gasteiger partial charge < -0.3 is 14.4 Å². The summed E-state index contributed by atoms with van der Waals surface area (Å²) in [6.45, 7) is 12.4. The van der Waals surface area contributed by atoms with Crippen LogP contribution in [0.1, 0.15) is 60.5 Å². The Bertz CT molecular complexity index is 1440. The van der Waals surface area contributed by atoms with Crippen molar-refractivity contribution < 1.29 is 22.7 Å². The summed E-state index contributed by atoms with van der Waals surface area (Å²) in [5.74, 6) is 0.923. The number of carbonyl (C=O) groups excluding carboxylic acids is 1. The number of hydrogen-bond donors (Lipinski definition) is 1. The van der Waals surface area contributed by atoms with Crippen LogP contribution in [-0.4, -0.2) is 52.5 Å². The first-order valence-electron chi connectivity index (χ1n) is 14.9. The number of hydrogen-bond acceptors (Lipinski definition) is 6. The van der Waals surface area contributed by atoms with Gasteiger partial charge in [-0.25, -0.2) is 13.1 Å². The summed E-state index contributed by atoms with van der Waals surface area (Å²) >= 11 is 6.39. The van der Waals surface area contributed by atoms with Crippen LogP contribution in [0, 0.1) is 11.8 Å². The summed E-state index contributed by atoms with van der Waals surface area (Å²) in [7, 11) is -3.90. The van der Waals surface area contributed by atoms with E-state index in [1.807, 2.05) is 6.07 Å². The van der Waals surface area contributed by atoms with E-state index < -0.39 is 21.2 Å². The molecule has 1 spiro atoms. The predicted molar refractivity (Wildman–Crippen MR) is 168 cm³/mol. The number of nitrogens with one attached hydrogen (secondary N) is 1. The zero-order valence-corrected chi connectivity index (χ0v) is 25.9. The highest BCUT2D eigenvalue weighted by Gasteiger charge is 2.43. The average Bonchev–Trinajstić information content (AvgIpc) is 3.10. The van der Waals surface area contributed by atoms with E-state index >= 15 is 0 Å². The molecule has 0 radical (unpaired) electrons. The predicted octanol–water partition coefficient (Wildman–Crippen LogP) is 6.07. The zero-order chi connectivity index (χ0) is 29.9. The number of fused-ring (bicyclic) bond motifs is 3. The van der Waals surface area contributed by atoms with Gasteiger partial charge in [-0.15, -0.1) is 13.2 Å². The normalized spacial score (nSPS) is 23.9. The molecule has 1 N–H and O–H groups in total. The lowest BCUT2D eigenvalue weighted by atomic mass is 9.69. The summed E-state index contributed by atoms with van der Waals surface area (Å²) in [5, 5.41) is -0.106. The van der Waals surface area contributed by atoms with Crippen LogP contribution in [0.3, 0.4) is 0 Å². The van der Waals surface area contributed by atoms with Gasteiger partial charge in [0.2, 0.25) is 10.0 Å². The quantitative estimate of drug-likeness (QED) is 0.245. The lowest BCUT2D eigenvalue weighted by Crippen LogP contribution is -2.48. The lowest BCUT2D eigenvalue weighted by molar-refractivity contribution is 0.0466. The molecule has 9 heteroatoms. The molecule has 4 atom stereocenters. The highest BCUT2D eigenvalue weighted by Crippen LogP contribution is 2.46. The summed E-state index contributed by atoms with van der Waals surface area (Å²) in [6.07, 6.45) is 8.68. The molecule has 0 saturated heterocycles. The van der Waals surface area contributed by atoms with Crippen molar-refractivity contribution in [2.45, 2.75) is 56.1 Å². The van der Waals surface area contributed by atoms with E-state index in [1.54, 1.807) is 31.2 Å². The maximum atomic E-state index is 13.2. The molecular weight excluding hydrogens is 572 g/mol. The van der Waals surface area contributed by atoms with E-state index in [1.165, 1.54) is 17.2 Å². The minimum absolute atomic E-state index is 0.236. The summed E-state index contributed by atoms with van der Waals surface area (Å²) < 4.78 is 40.2. The minimum atomic E-state index is -3.90. The average molecular weight is 613 g/mol. The number of sulfonamides is 1. The van der Waals surface area contributed by atoms with Gasteiger partial charge in [0.05, 0.1) is 30.8 Å². The molecule has 1 saturated carbocycles. The van der Waals surface area contributed by atoms with E-state index in [2.05, 4.69) is 34.9 Å². The number of amides is 1. The van der Waals surface area contributed by atoms with E-state index in [0.29, 0.717) is 43.8 Å². The van der Waals surface area contributed by atoms with Gasteiger partial charge in [0.15, 0.2) is 0 Å². The van der Waals surface area contributed by atoms with Crippen LogP contribution in [-0.2, 0) is 26.6 Å². The number of nitrogens with zero attached hydrogens (tertiary/aromatic N) is 1. The van der Waals surface area contributed by atoms with Crippen molar-refractivity contribution >= 4 is 33.2 Å². The van der Waals surface area contributed by atoms with Crippen molar-refractivity contribution in [1.29, 1.82) is 0 Å². The fourth-order valence-corrected chi connectivity index (χ4v) is 8.13. The fourth-order valence-electron chi connectivity index (χ4n) is 6.72. The lowest BCUT2D eigenvalue weighted by Gasteiger charge is -2.44. The van der Waals surface area contributed by atoms with Crippen molar-refractivity contribution in [3.05, 3.63) is 83.4 Å². The van der Waals surface area contributed by atoms with Gasteiger partial charge in [0.1, 0.15) is 5.75 Å². The van der Waals surface area contributed by atoms with Crippen LogP contribution in [0.25, 0.3) is 0 Å². The van der Waals surface area contributed by atoms with Crippen LogP contribution < -0.4 is 14.4 Å². The Kier molecular flexibility index (Phi) is 9.35. The first kappa shape index (κ1) is 30.6. The number of rotatable bonds is 11. The largest absolute Gasteiger partial charge is 0.490 e. The second kappa shape index (κ2) is 12.8. The summed E-state index contributed by atoms with van der Waals surface area (Å²) in [6, 6.07) is 11.4. The van der Waals surface area contributed by atoms with Crippen LogP contribution in [0.15, 0.2) is 61.7 Å². The molecule has 1 heterocycles. The van der Waals surface area contributed by atoms with Gasteiger partial charge in [-0.3, -0.25) is 4.79 Å². The molecule has 1 amide bonds. The number of benzene rings is 2. The Morgan fingerprint density at radius 2 is 2.05 bits per heavy atom. The van der Waals surface area contributed by atoms with Crippen LogP contribution in [0.5, 0.6) is 5.75 Å². The van der Waals surface area contributed by atoms with Crippen molar-refractivity contribution in [2.24, 2.45) is 11.8 Å². The third-order valence-electron chi connectivity index (χ3n) is 9.20. The van der Waals surface area contributed by atoms with Crippen molar-refractivity contribution in [2.75, 3.05) is 37.8 Å². The second-order valence-electron chi connectivity index (χ2n) is 11.9. The topological polar surface area (TPSA) is 84.9 Å². The molecule has 2 aliphatic carbocycles. The third-order valence-corrected chi connectivity index (χ3v) is 11.2. The molecule has 42 heavy (non-hydrogen) atoms. The van der Waals surface area contributed by atoms with E-state index in [9.17, 15) is 13.2 Å². The summed E-state index contributed by atoms with van der Waals surface area (Å²) in [5.41, 5.74) is 3.39. The van der Waals surface area contributed by atoms with Gasteiger partial charge in [-0.05, 0) is 91.8 Å². The Balaban J connectivity index is 1.48. The Morgan fingerprint density at radius 1 is 1.24 bits per heavy atom. The smallest absolute Gasteiger partial charge is 0.264 e. The first-order chi connectivity index (χ1) is 20.2. The standard InChI is InChI=1S/C33H41ClN2O5S/c1-4-16-40-20-26-10-9-25(26)19-36-21-33(15-7-8-23-17-27(34)12-13-29(23)33)22-41-31-14-11-24(18-30(31)36)32(37)35-42(38,39)28(5-2)6-3/h4-5,11-14,17-18,25-26,28H,1-2,6-10,15-16,19-22H2,3H3,(H,35,37)/t25-,26-,28-,33-/m0/s1. The van der Waals surface area contributed by atoms with Crippen molar-refractivity contribution in [3.8, 4) is 5.75 Å². The van der Waals surface area contributed by atoms with Crippen molar-refractivity contribution in [1.82, 2.24) is 4.72 Å². The molecule has 226 valence electrons. The van der Waals surface area contributed by atoms with Crippen LogP contribution in [0.4, 0.5) is 5.69 Å². The number of carbonyl (C=O) groups is 1. The number of ether oxygens (including phenoxy) is 2. The molecule has 3 aliphatic rings. The maximum Gasteiger partial charge on any atom is 0.264 e. The van der Waals surface area contributed by atoms with Crippen LogP contribution in [0.2, 0.25) is 5.02 Å². The Labute approximate surface area is 255 Å². The summed E-state index contributed by atoms with van der Waals surface area (Å²) in [4.78, 5) is 15.6. The fraction of sp³-hybridized carbons (Fsp3) is 0.485. The molecule has 1 aliphatic heterocycles. The third kappa shape index (κ3) is 6.26. The van der Waals surface area contributed by atoms with Gasteiger partial charge >= 0.3 is 0 Å². The number of anilines is 1. The zero-order valence-electron chi connectivity index (χ0n) is 24.3. The number of halogens is 1. The van der Waals surface area contributed by atoms with Gasteiger partial charge in [0.25, 0.3) is 5.91 Å². The first-order valence-corrected chi connectivity index (χ1v) is 16.8. The van der Waals surface area contributed by atoms with E-state index in [4.69, 9.17) is 21.1 Å². The molecule has 0 unspecified atom stereocenters. The monoisotopic (exact) mass is 612 g/mol. The molecule has 7 nitrogen and oxygen atoms in total. The molecule has 2 aromatic rings. The molecule has 0 bridgehead atoms. The molecule has 0 aromatic heterocycles. The van der Waals surface area contributed by atoms with Gasteiger partial charge in [-0.2, -0.15) is 0 Å². The SMILES string of the molecule is C=CCOC[C@@H]1CC[C@H]1CN1C[C@@]2(CCCc3cc(Cl)ccc32)COc2ccc(C(=O)NS(=O)(=O)[C@@H](C=C)CC)cc21.